The van der Waals surface area contributed by atoms with Gasteiger partial charge < -0.3 is 18.6 Å². The zero-order chi connectivity index (χ0) is 41.8. The van der Waals surface area contributed by atoms with Crippen LogP contribution in [0.5, 0.6) is 0 Å². The van der Waals surface area contributed by atoms with Crippen LogP contribution in [0.1, 0.15) is 133 Å². The fourth-order valence-electron chi connectivity index (χ4n) is 7.27. The van der Waals surface area contributed by atoms with Crippen LogP contribution in [0, 0.1) is 29.6 Å². The number of allylic oxidation sites excluding steroid dienone is 3. The van der Waals surface area contributed by atoms with Gasteiger partial charge in [-0.25, -0.2) is 17.6 Å². The van der Waals surface area contributed by atoms with Crippen molar-refractivity contribution in [2.45, 2.75) is 194 Å². The lowest BCUT2D eigenvalue weighted by atomic mass is 9.87. The molecule has 0 aliphatic heterocycles. The van der Waals surface area contributed by atoms with E-state index in [1.807, 2.05) is 80.6 Å². The van der Waals surface area contributed by atoms with Gasteiger partial charge in [0, 0.05) is 61.9 Å². The highest BCUT2D eigenvalue weighted by molar-refractivity contribution is 6.74. The Kier molecular flexibility index (Phi) is 19.7. The second-order valence-corrected chi connectivity index (χ2v) is 22.4. The van der Waals surface area contributed by atoms with Crippen molar-refractivity contribution < 1.29 is 45.8 Å². The molecule has 2 aliphatic carbocycles. The summed E-state index contributed by atoms with van der Waals surface area (Å²) in [7, 11) is -2.61. The van der Waals surface area contributed by atoms with Crippen molar-refractivity contribution in [3.63, 3.8) is 0 Å². The molecule has 0 heterocycles. The van der Waals surface area contributed by atoms with Crippen molar-refractivity contribution >= 4 is 19.9 Å². The first-order valence-electron chi connectivity index (χ1n) is 20.9. The van der Waals surface area contributed by atoms with E-state index in [0.717, 1.165) is 0 Å². The first-order chi connectivity index (χ1) is 25.5. The van der Waals surface area contributed by atoms with Crippen LogP contribution in [0.25, 0.3) is 0 Å². The maximum atomic E-state index is 15.9. The van der Waals surface area contributed by atoms with Gasteiger partial charge in [-0.3, -0.25) is 9.59 Å². The number of hydrogen-bond acceptors (Lipinski definition) is 6. The molecule has 0 amide bonds. The Balaban J connectivity index is 2.39. The second kappa shape index (κ2) is 21.9. The number of ether oxygens (including phenoxy) is 3. The molecule has 11 heteroatoms. The lowest BCUT2D eigenvalue weighted by Gasteiger charge is -2.40. The predicted octanol–water partition coefficient (Wildman–Crippen LogP) is 12.1. The summed E-state index contributed by atoms with van der Waals surface area (Å²) >= 11 is 0. The number of alkyl halides is 4. The second-order valence-electron chi connectivity index (χ2n) is 17.7. The van der Waals surface area contributed by atoms with E-state index in [1.165, 1.54) is 19.1 Å². The number of unbranched alkanes of at least 4 members (excludes halogenated alkanes) is 2. The molecule has 2 saturated carbocycles. The Hall–Kier alpha value is -1.66. The van der Waals surface area contributed by atoms with Crippen molar-refractivity contribution in [3.05, 3.63) is 36.5 Å². The zero-order valence-corrected chi connectivity index (χ0v) is 37.0. The Morgan fingerprint density at radius 3 is 1.67 bits per heavy atom. The molecule has 9 atom stereocenters. The molecule has 6 nitrogen and oxygen atoms in total. The molecule has 0 aromatic heterocycles. The van der Waals surface area contributed by atoms with Gasteiger partial charge in [0.1, 0.15) is 17.7 Å². The van der Waals surface area contributed by atoms with Gasteiger partial charge in [-0.1, -0.05) is 90.8 Å². The van der Waals surface area contributed by atoms with Crippen LogP contribution in [-0.2, 0) is 28.2 Å². The predicted molar refractivity (Wildman–Crippen MR) is 216 cm³/mol. The minimum atomic E-state index is -3.10. The molecule has 0 bridgehead atoms. The van der Waals surface area contributed by atoms with Crippen LogP contribution < -0.4 is 0 Å². The van der Waals surface area contributed by atoms with Crippen molar-refractivity contribution in [1.82, 2.24) is 0 Å². The molecule has 0 aromatic rings. The van der Waals surface area contributed by atoms with E-state index < -0.39 is 68.4 Å². The summed E-state index contributed by atoms with van der Waals surface area (Å²) in [5.74, 6) is -8.81. The van der Waals surface area contributed by atoms with Gasteiger partial charge in [0.25, 0.3) is 11.8 Å². The molecule has 0 spiro atoms. The number of halogens is 4. The van der Waals surface area contributed by atoms with Crippen LogP contribution in [0.3, 0.4) is 0 Å². The maximum Gasteiger partial charge on any atom is 0.276 e. The largest absolute Gasteiger partial charge is 0.404 e. The zero-order valence-electron chi connectivity index (χ0n) is 36.0. The molecule has 0 aromatic carbocycles. The van der Waals surface area contributed by atoms with Crippen LogP contribution >= 0.6 is 0 Å². The maximum absolute atomic E-state index is 15.9. The summed E-state index contributed by atoms with van der Waals surface area (Å²) in [4.78, 5) is 26.9. The van der Waals surface area contributed by atoms with Crippen molar-refractivity contribution in [2.24, 2.45) is 29.6 Å². The highest BCUT2D eigenvalue weighted by Gasteiger charge is 2.48. The minimum absolute atomic E-state index is 0.0169. The topological polar surface area (TPSA) is 71.1 Å². The summed E-state index contributed by atoms with van der Waals surface area (Å²) in [5, 5.41) is -0.288. The molecule has 1 unspecified atom stereocenters. The first kappa shape index (κ1) is 49.5. The van der Waals surface area contributed by atoms with Crippen molar-refractivity contribution in [3.8, 4) is 0 Å². The molecule has 55 heavy (non-hydrogen) atoms. The molecular formula is C44H74F4O6Si. The Morgan fingerprint density at radius 1 is 0.745 bits per heavy atom. The van der Waals surface area contributed by atoms with Crippen molar-refractivity contribution in [1.29, 1.82) is 0 Å². The summed E-state index contributed by atoms with van der Waals surface area (Å²) in [6.07, 6.45) is 9.71. The van der Waals surface area contributed by atoms with E-state index in [9.17, 15) is 18.4 Å². The smallest absolute Gasteiger partial charge is 0.276 e. The average Bonchev–Trinajstić information content (AvgIpc) is 3.53. The van der Waals surface area contributed by atoms with Crippen LogP contribution in [0.4, 0.5) is 17.6 Å². The van der Waals surface area contributed by atoms with Gasteiger partial charge >= 0.3 is 0 Å². The van der Waals surface area contributed by atoms with Crippen LogP contribution in [0.2, 0.25) is 18.1 Å². The van der Waals surface area contributed by atoms with E-state index in [1.54, 1.807) is 19.1 Å². The molecular weight excluding hydrogens is 729 g/mol. The minimum Gasteiger partial charge on any atom is -0.404 e. The van der Waals surface area contributed by atoms with Gasteiger partial charge in [0.15, 0.2) is 14.6 Å². The third-order valence-electron chi connectivity index (χ3n) is 11.7. The molecule has 318 valence electrons. The van der Waals surface area contributed by atoms with Gasteiger partial charge in [0.2, 0.25) is 0 Å². The number of ketones is 2. The SMILES string of the molecule is CCCCC(F)(F)[C@H](C)/C=C/[C@H]1[C@H](OC(C)C)CC(=O)[C@@H]1C/C=C/C[C@H]1C(=O)C[C@@H](OC(C)OCC)[C@@H]1/C=C/[C@@H](O[Si](C)(C)C(C)(C)C)C(F)(F)CCCC. The number of hydrogen-bond donors (Lipinski definition) is 0. The van der Waals surface area contributed by atoms with Gasteiger partial charge in [-0.2, -0.15) is 0 Å². The molecule has 0 N–H and O–H groups in total. The van der Waals surface area contributed by atoms with E-state index in [-0.39, 0.29) is 54.3 Å². The molecule has 0 saturated heterocycles. The number of carbonyl (C=O) groups excluding carboxylic acids is 2. The Labute approximate surface area is 331 Å². The summed E-state index contributed by atoms with van der Waals surface area (Å²) in [5.41, 5.74) is 0. The first-order valence-corrected chi connectivity index (χ1v) is 23.8. The van der Waals surface area contributed by atoms with Gasteiger partial charge in [0.05, 0.1) is 18.3 Å². The Morgan fingerprint density at radius 2 is 1.22 bits per heavy atom. The number of Topliss-reactive ketones (excluding diaryl/α,β-unsaturated/α-hetero) is 2. The standard InChI is InChI=1S/C44H74F4O6Si/c1-13-16-26-43(45,46)31(6)22-23-35-33(37(49)28-39(35)52-30(4)5)20-18-19-21-34-36(40(29-38(34)50)53-32(7)51-15-3)24-25-41(44(47,48)27-17-14-2)54-55(11,12)42(8,9)10/h18-19,22-25,30-36,39-41H,13-17,20-21,26-29H2,1-12H3/b19-18+,23-22+,25-24+/t31-,32?,33-,34-,35-,36-,39-,40-,41-/m1/s1. The highest BCUT2D eigenvalue weighted by Crippen LogP contribution is 2.43. The monoisotopic (exact) mass is 803 g/mol. The van der Waals surface area contributed by atoms with Crippen molar-refractivity contribution in [2.75, 3.05) is 6.61 Å². The van der Waals surface area contributed by atoms with E-state index in [4.69, 9.17) is 18.6 Å². The van der Waals surface area contributed by atoms with Gasteiger partial charge in [-0.05, 0) is 71.5 Å². The summed E-state index contributed by atoms with van der Waals surface area (Å²) < 4.78 is 85.7. The molecule has 2 aliphatic rings. The van der Waals surface area contributed by atoms with Crippen LogP contribution in [0.15, 0.2) is 36.5 Å². The number of rotatable bonds is 24. The average molecular weight is 803 g/mol. The highest BCUT2D eigenvalue weighted by atomic mass is 28.4. The molecule has 2 fully saturated rings. The summed E-state index contributed by atoms with van der Waals surface area (Å²) in [6, 6.07) is 0. The fourth-order valence-corrected chi connectivity index (χ4v) is 8.51. The third-order valence-corrected chi connectivity index (χ3v) is 16.2. The van der Waals surface area contributed by atoms with Gasteiger partial charge in [-0.15, -0.1) is 0 Å². The lowest BCUT2D eigenvalue weighted by Crippen LogP contribution is -2.48. The fraction of sp³-hybridized carbons (Fsp3) is 0.818. The third kappa shape index (κ3) is 14.9. The van der Waals surface area contributed by atoms with E-state index in [2.05, 4.69) is 0 Å². The molecule has 0 radical (unpaired) electrons. The quantitative estimate of drug-likeness (QED) is 0.0419. The van der Waals surface area contributed by atoms with E-state index >= 15 is 8.78 Å². The van der Waals surface area contributed by atoms with E-state index in [0.29, 0.717) is 45.1 Å². The Bertz CT molecular complexity index is 1280. The molecule has 2 rings (SSSR count). The lowest BCUT2D eigenvalue weighted by molar-refractivity contribution is -0.163. The number of carbonyl (C=O) groups is 2. The summed E-state index contributed by atoms with van der Waals surface area (Å²) in [6.45, 7) is 23.1. The normalized spacial score (nSPS) is 26.4. The van der Waals surface area contributed by atoms with Crippen LogP contribution in [-0.4, -0.2) is 69.0 Å².